The lowest BCUT2D eigenvalue weighted by Crippen LogP contribution is -2.34. The number of carbonyl (C=O) groups excluding carboxylic acids is 1. The smallest absolute Gasteiger partial charge is 0.307 e. The van der Waals surface area contributed by atoms with Gasteiger partial charge in [-0.05, 0) is 40.9 Å². The number of hydrogen-bond acceptors (Lipinski definition) is 2. The summed E-state index contributed by atoms with van der Waals surface area (Å²) in [6.07, 6.45) is 4.35. The number of anilines is 1. The number of amides is 1. The van der Waals surface area contributed by atoms with Gasteiger partial charge in [0.1, 0.15) is 0 Å². The van der Waals surface area contributed by atoms with Crippen molar-refractivity contribution in [3.8, 4) is 0 Å². The van der Waals surface area contributed by atoms with Gasteiger partial charge in [-0.15, -0.1) is 0 Å². The molecule has 0 saturated carbocycles. The highest BCUT2D eigenvalue weighted by molar-refractivity contribution is 9.10. The predicted molar refractivity (Wildman–Crippen MR) is 85.8 cm³/mol. The maximum atomic E-state index is 12.3. The molecule has 4 nitrogen and oxygen atoms in total. The van der Waals surface area contributed by atoms with Gasteiger partial charge in [0, 0.05) is 4.47 Å². The molecule has 2 atom stereocenters. The Morgan fingerprint density at radius 3 is 2.38 bits per heavy atom. The maximum absolute atomic E-state index is 12.3. The first-order chi connectivity index (χ1) is 9.91. The van der Waals surface area contributed by atoms with Gasteiger partial charge in [-0.2, -0.15) is 0 Å². The number of benzene rings is 1. The van der Waals surface area contributed by atoms with Gasteiger partial charge in [0.15, 0.2) is 0 Å². The van der Waals surface area contributed by atoms with Gasteiger partial charge in [0.05, 0.1) is 27.6 Å². The van der Waals surface area contributed by atoms with Crippen molar-refractivity contribution in [3.05, 3.63) is 38.8 Å². The number of allylic oxidation sites excluding steroid dienone is 2. The van der Waals surface area contributed by atoms with E-state index < -0.39 is 17.8 Å². The molecule has 0 spiro atoms. The number of halogens is 3. The zero-order chi connectivity index (χ0) is 15.6. The molecule has 0 saturated heterocycles. The quantitative estimate of drug-likeness (QED) is 0.593. The highest BCUT2D eigenvalue weighted by Gasteiger charge is 2.34. The third kappa shape index (κ3) is 3.59. The average molecular weight is 393 g/mol. The minimum Gasteiger partial charge on any atom is -0.481 e. The Hall–Kier alpha value is -1.04. The average Bonchev–Trinajstić information content (AvgIpc) is 2.47. The van der Waals surface area contributed by atoms with Gasteiger partial charge in [-0.1, -0.05) is 35.4 Å². The van der Waals surface area contributed by atoms with Crippen LogP contribution in [0.5, 0.6) is 0 Å². The van der Waals surface area contributed by atoms with Crippen molar-refractivity contribution in [1.82, 2.24) is 0 Å². The van der Waals surface area contributed by atoms with Crippen LogP contribution in [0.25, 0.3) is 0 Å². The number of carboxylic acid groups (broad SMARTS) is 1. The number of rotatable bonds is 3. The standard InChI is InChI=1S/C14H12BrCl2NO3/c15-9-5-6-10(12(17)11(9)16)18-13(19)7-3-1-2-4-8(7)14(20)21/h1-2,5-8H,3-4H2,(H,18,19)(H,20,21)/t7-,8+/m1/s1. The zero-order valence-electron chi connectivity index (χ0n) is 10.8. The lowest BCUT2D eigenvalue weighted by molar-refractivity contribution is -0.146. The summed E-state index contributed by atoms with van der Waals surface area (Å²) in [4.78, 5) is 23.5. The minimum atomic E-state index is -0.973. The van der Waals surface area contributed by atoms with Gasteiger partial charge < -0.3 is 10.4 Å². The van der Waals surface area contributed by atoms with Crippen molar-refractivity contribution in [2.45, 2.75) is 12.8 Å². The van der Waals surface area contributed by atoms with Crippen LogP contribution in [-0.4, -0.2) is 17.0 Å². The number of hydrogen-bond donors (Lipinski definition) is 2. The van der Waals surface area contributed by atoms with Crippen LogP contribution in [0.1, 0.15) is 12.8 Å². The second-order valence-corrected chi connectivity index (χ2v) is 6.32. The van der Waals surface area contributed by atoms with Gasteiger partial charge >= 0.3 is 5.97 Å². The molecule has 2 N–H and O–H groups in total. The third-order valence-electron chi connectivity index (χ3n) is 3.38. The van der Waals surface area contributed by atoms with E-state index in [1.54, 1.807) is 18.2 Å². The molecule has 1 amide bonds. The Morgan fingerprint density at radius 1 is 1.14 bits per heavy atom. The highest BCUT2D eigenvalue weighted by Crippen LogP contribution is 2.36. The summed E-state index contributed by atoms with van der Waals surface area (Å²) in [7, 11) is 0. The van der Waals surface area contributed by atoms with E-state index in [0.29, 0.717) is 28.0 Å². The number of nitrogens with one attached hydrogen (secondary N) is 1. The number of carboxylic acids is 1. The SMILES string of the molecule is O=C(O)[C@H]1CC=CC[C@H]1C(=O)Nc1ccc(Br)c(Cl)c1Cl. The van der Waals surface area contributed by atoms with E-state index in [9.17, 15) is 14.7 Å². The second-order valence-electron chi connectivity index (χ2n) is 4.71. The molecule has 112 valence electrons. The van der Waals surface area contributed by atoms with Crippen LogP contribution in [0.3, 0.4) is 0 Å². The van der Waals surface area contributed by atoms with Gasteiger partial charge in [0.2, 0.25) is 5.91 Å². The van der Waals surface area contributed by atoms with Crippen LogP contribution < -0.4 is 5.32 Å². The Bertz CT molecular complexity index is 618. The lowest BCUT2D eigenvalue weighted by Gasteiger charge is -2.24. The molecule has 1 aliphatic carbocycles. The molecule has 1 aromatic carbocycles. The van der Waals surface area contributed by atoms with Crippen LogP contribution in [0.15, 0.2) is 28.8 Å². The van der Waals surface area contributed by atoms with E-state index in [1.165, 1.54) is 0 Å². The molecule has 1 aromatic rings. The largest absolute Gasteiger partial charge is 0.481 e. The van der Waals surface area contributed by atoms with Crippen LogP contribution in [0.2, 0.25) is 10.0 Å². The van der Waals surface area contributed by atoms with Crippen LogP contribution in [0, 0.1) is 11.8 Å². The van der Waals surface area contributed by atoms with Crippen molar-refractivity contribution < 1.29 is 14.7 Å². The fourth-order valence-corrected chi connectivity index (χ4v) is 3.05. The third-order valence-corrected chi connectivity index (χ3v) is 5.15. The topological polar surface area (TPSA) is 66.4 Å². The molecule has 2 rings (SSSR count). The van der Waals surface area contributed by atoms with E-state index in [0.717, 1.165) is 0 Å². The fraction of sp³-hybridized carbons (Fsp3) is 0.286. The molecule has 0 fully saturated rings. The Kier molecular flexibility index (Phi) is 5.30. The minimum absolute atomic E-state index is 0.220. The monoisotopic (exact) mass is 391 g/mol. The highest BCUT2D eigenvalue weighted by atomic mass is 79.9. The van der Waals surface area contributed by atoms with E-state index in [2.05, 4.69) is 21.2 Å². The van der Waals surface area contributed by atoms with Crippen molar-refractivity contribution in [2.24, 2.45) is 11.8 Å². The van der Waals surface area contributed by atoms with Gasteiger partial charge in [0.25, 0.3) is 0 Å². The molecule has 0 radical (unpaired) electrons. The van der Waals surface area contributed by atoms with E-state index in [1.807, 2.05) is 6.08 Å². The van der Waals surface area contributed by atoms with Crippen LogP contribution in [0.4, 0.5) is 5.69 Å². The summed E-state index contributed by atoms with van der Waals surface area (Å²) in [6, 6.07) is 3.28. The Balaban J connectivity index is 2.20. The van der Waals surface area contributed by atoms with Crippen LogP contribution >= 0.6 is 39.1 Å². The van der Waals surface area contributed by atoms with Crippen LogP contribution in [-0.2, 0) is 9.59 Å². The molecule has 7 heteroatoms. The molecule has 0 aromatic heterocycles. The second kappa shape index (κ2) is 6.81. The Morgan fingerprint density at radius 2 is 1.76 bits per heavy atom. The summed E-state index contributed by atoms with van der Waals surface area (Å²) in [5.74, 6) is -2.68. The molecular weight excluding hydrogens is 381 g/mol. The zero-order valence-corrected chi connectivity index (χ0v) is 13.9. The molecular formula is C14H12BrCl2NO3. The molecule has 0 heterocycles. The lowest BCUT2D eigenvalue weighted by atomic mass is 9.82. The van der Waals surface area contributed by atoms with E-state index in [4.69, 9.17) is 23.2 Å². The van der Waals surface area contributed by atoms with Crippen molar-refractivity contribution in [1.29, 1.82) is 0 Å². The van der Waals surface area contributed by atoms with Crippen molar-refractivity contribution in [3.63, 3.8) is 0 Å². The number of aliphatic carboxylic acids is 1. The molecule has 1 aliphatic rings. The predicted octanol–water partition coefficient (Wildman–Crippen LogP) is 4.36. The van der Waals surface area contributed by atoms with E-state index >= 15 is 0 Å². The molecule has 0 aliphatic heterocycles. The summed E-state index contributed by atoms with van der Waals surface area (Å²) in [6.45, 7) is 0. The molecule has 21 heavy (non-hydrogen) atoms. The van der Waals surface area contributed by atoms with Crippen molar-refractivity contribution >= 4 is 56.7 Å². The first kappa shape index (κ1) is 16.3. The van der Waals surface area contributed by atoms with E-state index in [-0.39, 0.29) is 10.9 Å². The first-order valence-electron chi connectivity index (χ1n) is 6.24. The van der Waals surface area contributed by atoms with Gasteiger partial charge in [-0.25, -0.2) is 0 Å². The fourth-order valence-electron chi connectivity index (χ4n) is 2.22. The normalized spacial score (nSPS) is 21.1. The summed E-state index contributed by atoms with van der Waals surface area (Å²) >= 11 is 15.3. The summed E-state index contributed by atoms with van der Waals surface area (Å²) < 4.78 is 0.621. The summed E-state index contributed by atoms with van der Waals surface area (Å²) in [5, 5.41) is 12.4. The Labute approximate surface area is 140 Å². The molecule has 0 bridgehead atoms. The maximum Gasteiger partial charge on any atom is 0.307 e. The molecule has 0 unspecified atom stereocenters. The first-order valence-corrected chi connectivity index (χ1v) is 7.79. The van der Waals surface area contributed by atoms with Crippen molar-refractivity contribution in [2.75, 3.05) is 5.32 Å². The summed E-state index contributed by atoms with van der Waals surface area (Å²) in [5.41, 5.74) is 0.369. The number of carbonyl (C=O) groups is 2. The van der Waals surface area contributed by atoms with Gasteiger partial charge in [-0.3, -0.25) is 9.59 Å².